The number of ether oxygens (including phenoxy) is 1. The maximum absolute atomic E-state index is 12.8. The molecule has 138 valence electrons. The summed E-state index contributed by atoms with van der Waals surface area (Å²) in [5.74, 6) is -0.746. The normalized spacial score (nSPS) is 10.9. The third kappa shape index (κ3) is 6.84. The van der Waals surface area contributed by atoms with Crippen LogP contribution in [0, 0.1) is 5.82 Å². The van der Waals surface area contributed by atoms with Crippen molar-refractivity contribution in [3.8, 4) is 5.75 Å². The van der Waals surface area contributed by atoms with Gasteiger partial charge >= 0.3 is 6.61 Å². The Morgan fingerprint density at radius 1 is 1.15 bits per heavy atom. The summed E-state index contributed by atoms with van der Waals surface area (Å²) in [6, 6.07) is 12.0. The van der Waals surface area contributed by atoms with E-state index in [9.17, 15) is 18.0 Å². The van der Waals surface area contributed by atoms with Gasteiger partial charge in [-0.1, -0.05) is 29.4 Å². The second kappa shape index (κ2) is 10.1. The van der Waals surface area contributed by atoms with Crippen LogP contribution in [0.5, 0.6) is 5.75 Å². The molecule has 0 unspecified atom stereocenters. The first-order valence-electron chi connectivity index (χ1n) is 7.75. The van der Waals surface area contributed by atoms with Gasteiger partial charge in [0.2, 0.25) is 0 Å². The molecule has 0 aromatic heterocycles. The zero-order chi connectivity index (χ0) is 18.8. The molecule has 0 heterocycles. The zero-order valence-corrected chi connectivity index (χ0v) is 13.7. The van der Waals surface area contributed by atoms with Gasteiger partial charge in [-0.15, -0.1) is 0 Å². The number of para-hydroxylation sites is 1. The fourth-order valence-corrected chi connectivity index (χ4v) is 2.03. The molecule has 8 heteroatoms. The quantitative estimate of drug-likeness (QED) is 0.548. The molecule has 0 aliphatic carbocycles. The molecular weight excluding hydrogens is 349 g/mol. The summed E-state index contributed by atoms with van der Waals surface area (Å²) in [6.45, 7) is -2.90. The van der Waals surface area contributed by atoms with Crippen LogP contribution in [-0.4, -0.2) is 31.9 Å². The molecule has 5 nitrogen and oxygen atoms in total. The van der Waals surface area contributed by atoms with Gasteiger partial charge in [-0.3, -0.25) is 4.79 Å². The highest BCUT2D eigenvalue weighted by Crippen LogP contribution is 2.18. The maximum Gasteiger partial charge on any atom is 0.387 e. The van der Waals surface area contributed by atoms with Gasteiger partial charge < -0.3 is 14.9 Å². The van der Waals surface area contributed by atoms with Crippen LogP contribution in [0.3, 0.4) is 0 Å². The number of carbonyl (C=O) groups excluding carboxylic acids is 1. The summed E-state index contributed by atoms with van der Waals surface area (Å²) < 4.78 is 41.7. The number of hydrogen-bond donors (Lipinski definition) is 1. The number of hydrogen-bond acceptors (Lipinski definition) is 4. The second-order valence-corrected chi connectivity index (χ2v) is 5.15. The van der Waals surface area contributed by atoms with E-state index in [0.29, 0.717) is 18.5 Å². The predicted octanol–water partition coefficient (Wildman–Crippen LogP) is 3.14. The molecule has 0 spiro atoms. The van der Waals surface area contributed by atoms with Crippen LogP contribution in [0.25, 0.3) is 0 Å². The van der Waals surface area contributed by atoms with Gasteiger partial charge in [-0.2, -0.15) is 8.78 Å². The molecular formula is C18H17F3N2O3. The first kappa shape index (κ1) is 19.3. The van der Waals surface area contributed by atoms with Crippen molar-refractivity contribution < 1.29 is 27.5 Å². The second-order valence-electron chi connectivity index (χ2n) is 5.15. The summed E-state index contributed by atoms with van der Waals surface area (Å²) >= 11 is 0. The topological polar surface area (TPSA) is 59.9 Å². The third-order valence-electron chi connectivity index (χ3n) is 3.25. The van der Waals surface area contributed by atoms with Gasteiger partial charge in [-0.05, 0) is 36.2 Å². The Balaban J connectivity index is 1.71. The van der Waals surface area contributed by atoms with Crippen molar-refractivity contribution in [2.45, 2.75) is 13.0 Å². The molecule has 1 amide bonds. The summed E-state index contributed by atoms with van der Waals surface area (Å²) in [5.41, 5.74) is 1.19. The van der Waals surface area contributed by atoms with Crippen molar-refractivity contribution in [2.24, 2.45) is 5.16 Å². The van der Waals surface area contributed by atoms with Crippen molar-refractivity contribution in [3.05, 3.63) is 65.5 Å². The number of alkyl halides is 2. The van der Waals surface area contributed by atoms with Crippen LogP contribution < -0.4 is 10.1 Å². The molecule has 1 N–H and O–H groups in total. The van der Waals surface area contributed by atoms with Gasteiger partial charge in [0.1, 0.15) is 11.6 Å². The summed E-state index contributed by atoms with van der Waals surface area (Å²) in [6.07, 6.45) is 1.73. The van der Waals surface area contributed by atoms with Crippen molar-refractivity contribution >= 4 is 12.1 Å². The Morgan fingerprint density at radius 2 is 1.88 bits per heavy atom. The third-order valence-corrected chi connectivity index (χ3v) is 3.25. The van der Waals surface area contributed by atoms with Crippen LogP contribution in [0.15, 0.2) is 53.7 Å². The first-order valence-corrected chi connectivity index (χ1v) is 7.75. The van der Waals surface area contributed by atoms with E-state index >= 15 is 0 Å². The number of nitrogens with zero attached hydrogens (tertiary/aromatic N) is 1. The highest BCUT2D eigenvalue weighted by molar-refractivity contribution is 5.83. The van der Waals surface area contributed by atoms with Crippen molar-refractivity contribution in [3.63, 3.8) is 0 Å². The molecule has 26 heavy (non-hydrogen) atoms. The number of amides is 1. The minimum Gasteiger partial charge on any atom is -0.434 e. The Hall–Kier alpha value is -3.03. The Morgan fingerprint density at radius 3 is 2.62 bits per heavy atom. The number of nitrogens with one attached hydrogen (secondary N) is 1. The number of oxime groups is 1. The Labute approximate surface area is 148 Å². The van der Waals surface area contributed by atoms with Gasteiger partial charge in [-0.25, -0.2) is 4.39 Å². The van der Waals surface area contributed by atoms with E-state index < -0.39 is 6.61 Å². The summed E-state index contributed by atoms with van der Waals surface area (Å²) in [7, 11) is 0. The molecule has 0 radical (unpaired) electrons. The average Bonchev–Trinajstić information content (AvgIpc) is 2.61. The van der Waals surface area contributed by atoms with E-state index in [1.54, 1.807) is 24.3 Å². The maximum atomic E-state index is 12.8. The summed E-state index contributed by atoms with van der Waals surface area (Å²) in [5, 5.41) is 6.20. The van der Waals surface area contributed by atoms with E-state index in [-0.39, 0.29) is 24.1 Å². The van der Waals surface area contributed by atoms with E-state index in [4.69, 9.17) is 4.84 Å². The van der Waals surface area contributed by atoms with Crippen molar-refractivity contribution in [2.75, 3.05) is 13.2 Å². The molecule has 0 saturated carbocycles. The van der Waals surface area contributed by atoms with Crippen molar-refractivity contribution in [1.82, 2.24) is 5.32 Å². The minimum absolute atomic E-state index is 0.0430. The first-order chi connectivity index (χ1) is 12.5. The van der Waals surface area contributed by atoms with E-state index in [0.717, 1.165) is 5.56 Å². The van der Waals surface area contributed by atoms with Gasteiger partial charge in [0.15, 0.2) is 6.61 Å². The van der Waals surface area contributed by atoms with Gasteiger partial charge in [0, 0.05) is 12.1 Å². The lowest BCUT2D eigenvalue weighted by Gasteiger charge is -2.07. The molecule has 2 aromatic carbocycles. The van der Waals surface area contributed by atoms with Crippen LogP contribution >= 0.6 is 0 Å². The van der Waals surface area contributed by atoms with E-state index in [1.807, 2.05) is 0 Å². The number of rotatable bonds is 9. The highest BCUT2D eigenvalue weighted by atomic mass is 19.3. The molecule has 0 atom stereocenters. The van der Waals surface area contributed by atoms with Gasteiger partial charge in [0.25, 0.3) is 5.91 Å². The Kier molecular flexibility index (Phi) is 7.48. The molecule has 0 saturated heterocycles. The lowest BCUT2D eigenvalue weighted by Crippen LogP contribution is -2.28. The molecule has 0 fully saturated rings. The number of benzene rings is 2. The molecule has 0 aliphatic rings. The van der Waals surface area contributed by atoms with Crippen molar-refractivity contribution in [1.29, 1.82) is 0 Å². The highest BCUT2D eigenvalue weighted by Gasteiger charge is 2.07. The minimum atomic E-state index is -2.95. The van der Waals surface area contributed by atoms with E-state index in [1.165, 1.54) is 30.5 Å². The lowest BCUT2D eigenvalue weighted by atomic mass is 10.1. The summed E-state index contributed by atoms with van der Waals surface area (Å²) in [4.78, 5) is 16.5. The Bertz CT molecular complexity index is 737. The fourth-order valence-electron chi connectivity index (χ4n) is 2.03. The van der Waals surface area contributed by atoms with Crippen LogP contribution in [0.1, 0.15) is 11.1 Å². The molecule has 0 aliphatic heterocycles. The standard InChI is InChI=1S/C18H17F3N2O3/c19-15-7-5-13(6-8-15)9-10-22-17(24)12-25-23-11-14-3-1-2-4-16(14)26-18(20)21/h1-8,11,18H,9-10,12H2,(H,22,24)/b23-11+. The van der Waals surface area contributed by atoms with E-state index in [2.05, 4.69) is 15.2 Å². The zero-order valence-electron chi connectivity index (χ0n) is 13.7. The van der Waals surface area contributed by atoms with Gasteiger partial charge in [0.05, 0.1) is 6.21 Å². The predicted molar refractivity (Wildman–Crippen MR) is 89.7 cm³/mol. The smallest absolute Gasteiger partial charge is 0.387 e. The SMILES string of the molecule is O=C(CO/N=C/c1ccccc1OC(F)F)NCCc1ccc(F)cc1. The fraction of sp³-hybridized carbons (Fsp3) is 0.222. The lowest BCUT2D eigenvalue weighted by molar-refractivity contribution is -0.125. The largest absolute Gasteiger partial charge is 0.434 e. The molecule has 2 aromatic rings. The molecule has 2 rings (SSSR count). The van der Waals surface area contributed by atoms with Crippen LogP contribution in [0.2, 0.25) is 0 Å². The number of halogens is 3. The molecule has 0 bridgehead atoms. The number of carbonyl (C=O) groups is 1. The average molecular weight is 366 g/mol. The van der Waals surface area contributed by atoms with Crippen LogP contribution in [-0.2, 0) is 16.1 Å². The van der Waals surface area contributed by atoms with Crippen LogP contribution in [0.4, 0.5) is 13.2 Å². The monoisotopic (exact) mass is 366 g/mol.